The Morgan fingerprint density at radius 3 is 1.77 bits per heavy atom. The number of hydrogen-bond acceptors (Lipinski definition) is 1. The molecule has 0 aliphatic heterocycles. The summed E-state index contributed by atoms with van der Waals surface area (Å²) in [5.74, 6) is 0.177. The normalized spacial score (nSPS) is 11.9. The molecule has 0 unspecified atom stereocenters. The van der Waals surface area contributed by atoms with Gasteiger partial charge in [0, 0.05) is 6.42 Å². The fourth-order valence-electron chi connectivity index (χ4n) is 4.00. The van der Waals surface area contributed by atoms with Crippen molar-refractivity contribution in [2.24, 2.45) is 0 Å². The van der Waals surface area contributed by atoms with Gasteiger partial charge in [0.1, 0.15) is 0 Å². The van der Waals surface area contributed by atoms with Gasteiger partial charge in [0.05, 0.1) is 6.04 Å². The van der Waals surface area contributed by atoms with Crippen molar-refractivity contribution in [1.29, 1.82) is 0 Å². The first-order chi connectivity index (χ1) is 14.8. The number of hydrogen-bond donors (Lipinski definition) is 1. The van der Waals surface area contributed by atoms with Crippen molar-refractivity contribution in [3.05, 3.63) is 71.8 Å². The third-order valence-corrected chi connectivity index (χ3v) is 5.83. The van der Waals surface area contributed by atoms with E-state index in [1.54, 1.807) is 0 Å². The first-order valence-corrected chi connectivity index (χ1v) is 12.2. The smallest absolute Gasteiger partial charge is 0.220 e. The molecule has 2 nitrogen and oxygen atoms in total. The van der Waals surface area contributed by atoms with E-state index in [1.807, 2.05) is 24.3 Å². The van der Waals surface area contributed by atoms with Gasteiger partial charge in [-0.15, -0.1) is 0 Å². The van der Waals surface area contributed by atoms with Crippen molar-refractivity contribution in [2.45, 2.75) is 96.4 Å². The highest BCUT2D eigenvalue weighted by Crippen LogP contribution is 2.19. The summed E-state index contributed by atoms with van der Waals surface area (Å²) in [7, 11) is 0. The van der Waals surface area contributed by atoms with Crippen molar-refractivity contribution < 1.29 is 4.79 Å². The molecule has 0 spiro atoms. The highest BCUT2D eigenvalue weighted by Gasteiger charge is 2.15. The molecule has 0 saturated carbocycles. The minimum atomic E-state index is 0.0359. The predicted molar refractivity (Wildman–Crippen MR) is 129 cm³/mol. The van der Waals surface area contributed by atoms with Crippen LogP contribution < -0.4 is 5.32 Å². The summed E-state index contributed by atoms with van der Waals surface area (Å²) >= 11 is 0. The molecule has 1 amide bonds. The highest BCUT2D eigenvalue weighted by molar-refractivity contribution is 5.76. The largest absolute Gasteiger partial charge is 0.349 e. The van der Waals surface area contributed by atoms with Crippen molar-refractivity contribution in [3.63, 3.8) is 0 Å². The van der Waals surface area contributed by atoms with Gasteiger partial charge in [-0.3, -0.25) is 4.79 Å². The monoisotopic (exact) mass is 407 g/mol. The molecule has 1 atom stereocenters. The number of carbonyl (C=O) groups excluding carboxylic acids is 1. The molecule has 2 heteroatoms. The van der Waals surface area contributed by atoms with Crippen LogP contribution in [0.4, 0.5) is 0 Å². The van der Waals surface area contributed by atoms with Gasteiger partial charge in [-0.1, -0.05) is 132 Å². The van der Waals surface area contributed by atoms with Crippen LogP contribution in [0.3, 0.4) is 0 Å². The van der Waals surface area contributed by atoms with E-state index in [0.29, 0.717) is 6.42 Å². The van der Waals surface area contributed by atoms with Gasteiger partial charge >= 0.3 is 0 Å². The second-order valence-electron chi connectivity index (χ2n) is 8.51. The molecule has 0 aromatic heterocycles. The summed E-state index contributed by atoms with van der Waals surface area (Å²) in [5, 5.41) is 3.28. The average Bonchev–Trinajstić information content (AvgIpc) is 2.78. The first kappa shape index (κ1) is 24.2. The number of amides is 1. The minimum absolute atomic E-state index is 0.0359. The molecular formula is C28H41NO. The van der Waals surface area contributed by atoms with Crippen molar-refractivity contribution >= 4 is 5.91 Å². The van der Waals surface area contributed by atoms with Crippen LogP contribution in [0.5, 0.6) is 0 Å². The van der Waals surface area contributed by atoms with Gasteiger partial charge in [-0.25, -0.2) is 0 Å². The molecule has 1 N–H and O–H groups in total. The molecule has 164 valence electrons. The Hall–Kier alpha value is -2.09. The van der Waals surface area contributed by atoms with E-state index in [0.717, 1.165) is 19.3 Å². The summed E-state index contributed by atoms with van der Waals surface area (Å²) in [6.07, 6.45) is 15.8. The van der Waals surface area contributed by atoms with Crippen molar-refractivity contribution in [2.75, 3.05) is 0 Å². The molecule has 2 aromatic rings. The van der Waals surface area contributed by atoms with Crippen LogP contribution in [0.2, 0.25) is 0 Å². The standard InChI is InChI=1S/C28H41NO/c1-2-3-4-5-6-7-8-9-10-11-18-23-28(30)29-27(26-21-16-13-17-22-26)24-25-19-14-12-15-20-25/h12-17,19-22,27H,2-11,18,23-24H2,1H3,(H,29,30)/t27-/m1/s1. The van der Waals surface area contributed by atoms with Crippen LogP contribution in [-0.2, 0) is 11.2 Å². The van der Waals surface area contributed by atoms with Crippen LogP contribution in [-0.4, -0.2) is 5.91 Å². The topological polar surface area (TPSA) is 29.1 Å². The third kappa shape index (κ3) is 10.6. The Morgan fingerprint density at radius 2 is 1.20 bits per heavy atom. The summed E-state index contributed by atoms with van der Waals surface area (Å²) in [6.45, 7) is 2.27. The second-order valence-corrected chi connectivity index (χ2v) is 8.51. The first-order valence-electron chi connectivity index (χ1n) is 12.2. The summed E-state index contributed by atoms with van der Waals surface area (Å²) < 4.78 is 0. The quantitative estimate of drug-likeness (QED) is 0.283. The maximum absolute atomic E-state index is 12.6. The molecule has 0 bridgehead atoms. The van der Waals surface area contributed by atoms with Crippen LogP contribution in [0.15, 0.2) is 60.7 Å². The minimum Gasteiger partial charge on any atom is -0.349 e. The lowest BCUT2D eigenvalue weighted by atomic mass is 9.98. The Kier molecular flexibility index (Phi) is 12.7. The van der Waals surface area contributed by atoms with Crippen LogP contribution in [0, 0.1) is 0 Å². The van der Waals surface area contributed by atoms with Gasteiger partial charge in [-0.2, -0.15) is 0 Å². The molecule has 2 rings (SSSR count). The Balaban J connectivity index is 1.63. The van der Waals surface area contributed by atoms with Gasteiger partial charge in [0.15, 0.2) is 0 Å². The molecule has 30 heavy (non-hydrogen) atoms. The Bertz CT molecular complexity index is 668. The molecular weight excluding hydrogens is 366 g/mol. The van der Waals surface area contributed by atoms with E-state index >= 15 is 0 Å². The molecule has 0 radical (unpaired) electrons. The summed E-state index contributed by atoms with van der Waals surface area (Å²) in [5.41, 5.74) is 2.43. The van der Waals surface area contributed by atoms with Crippen LogP contribution in [0.1, 0.15) is 101 Å². The molecule has 2 aromatic carbocycles. The number of rotatable bonds is 16. The summed E-state index contributed by atoms with van der Waals surface area (Å²) in [6, 6.07) is 20.8. The highest BCUT2D eigenvalue weighted by atomic mass is 16.1. The zero-order chi connectivity index (χ0) is 21.3. The van der Waals surface area contributed by atoms with Crippen LogP contribution >= 0.6 is 0 Å². The maximum Gasteiger partial charge on any atom is 0.220 e. The van der Waals surface area contributed by atoms with E-state index in [1.165, 1.54) is 68.9 Å². The lowest BCUT2D eigenvalue weighted by Crippen LogP contribution is -2.29. The third-order valence-electron chi connectivity index (χ3n) is 5.83. The summed E-state index contributed by atoms with van der Waals surface area (Å²) in [4.78, 5) is 12.6. The molecule has 0 fully saturated rings. The van der Waals surface area contributed by atoms with Gasteiger partial charge in [0.2, 0.25) is 5.91 Å². The van der Waals surface area contributed by atoms with Crippen molar-refractivity contribution in [3.8, 4) is 0 Å². The van der Waals surface area contributed by atoms with E-state index in [-0.39, 0.29) is 11.9 Å². The lowest BCUT2D eigenvalue weighted by molar-refractivity contribution is -0.122. The van der Waals surface area contributed by atoms with Crippen LogP contribution in [0.25, 0.3) is 0 Å². The van der Waals surface area contributed by atoms with Gasteiger partial charge in [-0.05, 0) is 24.0 Å². The zero-order valence-corrected chi connectivity index (χ0v) is 19.0. The fraction of sp³-hybridized carbons (Fsp3) is 0.536. The lowest BCUT2D eigenvalue weighted by Gasteiger charge is -2.19. The van der Waals surface area contributed by atoms with Crippen molar-refractivity contribution in [1.82, 2.24) is 5.32 Å². The van der Waals surface area contributed by atoms with Gasteiger partial charge < -0.3 is 5.32 Å². The number of unbranched alkanes of at least 4 members (excludes halogenated alkanes) is 10. The fourth-order valence-corrected chi connectivity index (χ4v) is 4.00. The molecule has 0 aliphatic rings. The molecule has 0 saturated heterocycles. The molecule has 0 heterocycles. The maximum atomic E-state index is 12.6. The Morgan fingerprint density at radius 1 is 0.700 bits per heavy atom. The Labute approximate surface area is 184 Å². The predicted octanol–water partition coefficient (Wildman–Crippen LogP) is 7.79. The number of benzene rings is 2. The van der Waals surface area contributed by atoms with E-state index in [4.69, 9.17) is 0 Å². The molecule has 0 aliphatic carbocycles. The second kappa shape index (κ2) is 15.7. The van der Waals surface area contributed by atoms with E-state index in [9.17, 15) is 4.79 Å². The van der Waals surface area contributed by atoms with E-state index < -0.39 is 0 Å². The number of nitrogens with one attached hydrogen (secondary N) is 1. The number of carbonyl (C=O) groups is 1. The van der Waals surface area contributed by atoms with E-state index in [2.05, 4.69) is 48.6 Å². The SMILES string of the molecule is CCCCCCCCCCCCCC(=O)N[C@H](Cc1ccccc1)c1ccccc1. The zero-order valence-electron chi connectivity index (χ0n) is 19.0. The average molecular weight is 408 g/mol. The van der Waals surface area contributed by atoms with Gasteiger partial charge in [0.25, 0.3) is 0 Å².